The summed E-state index contributed by atoms with van der Waals surface area (Å²) in [6.07, 6.45) is 0.764. The van der Waals surface area contributed by atoms with Crippen molar-refractivity contribution in [2.45, 2.75) is 31.0 Å². The number of sulfone groups is 1. The molecule has 1 spiro atoms. The fourth-order valence-electron chi connectivity index (χ4n) is 2.27. The fraction of sp³-hybridized carbons (Fsp3) is 1.00. The van der Waals surface area contributed by atoms with E-state index in [1.54, 1.807) is 0 Å². The Labute approximate surface area is 77.6 Å². The van der Waals surface area contributed by atoms with Crippen molar-refractivity contribution in [3.8, 4) is 0 Å². The van der Waals surface area contributed by atoms with Gasteiger partial charge in [0.2, 0.25) is 0 Å². The number of nitrogens with one attached hydrogen (secondary N) is 1. The van der Waals surface area contributed by atoms with Gasteiger partial charge in [0.25, 0.3) is 0 Å². The summed E-state index contributed by atoms with van der Waals surface area (Å²) >= 11 is 0. The Morgan fingerprint density at radius 3 is 2.77 bits per heavy atom. The van der Waals surface area contributed by atoms with Gasteiger partial charge in [-0.3, -0.25) is 0 Å². The van der Waals surface area contributed by atoms with Gasteiger partial charge in [-0.1, -0.05) is 0 Å². The number of rotatable bonds is 0. The van der Waals surface area contributed by atoms with Crippen LogP contribution in [0.2, 0.25) is 0 Å². The SMILES string of the molecule is O=S1(=O)CCC2(C1)NCCCC2F. The predicted molar refractivity (Wildman–Crippen MR) is 48.1 cm³/mol. The Morgan fingerprint density at radius 1 is 1.46 bits per heavy atom. The van der Waals surface area contributed by atoms with Crippen molar-refractivity contribution in [3.63, 3.8) is 0 Å². The average molecular weight is 207 g/mol. The van der Waals surface area contributed by atoms with E-state index >= 15 is 0 Å². The molecular formula is C8H14FNO2S. The van der Waals surface area contributed by atoms with Crippen LogP contribution in [0, 0.1) is 0 Å². The lowest BCUT2D eigenvalue weighted by Gasteiger charge is -2.36. The summed E-state index contributed by atoms with van der Waals surface area (Å²) in [5.41, 5.74) is -0.739. The molecular weight excluding hydrogens is 193 g/mol. The van der Waals surface area contributed by atoms with E-state index in [2.05, 4.69) is 5.32 Å². The lowest BCUT2D eigenvalue weighted by atomic mass is 9.87. The van der Waals surface area contributed by atoms with E-state index in [9.17, 15) is 12.8 Å². The minimum absolute atomic E-state index is 0.0127. The minimum Gasteiger partial charge on any atom is -0.308 e. The summed E-state index contributed by atoms with van der Waals surface area (Å²) in [5.74, 6) is 0.127. The number of hydrogen-bond acceptors (Lipinski definition) is 3. The molecule has 2 aliphatic rings. The summed E-state index contributed by atoms with van der Waals surface area (Å²) < 4.78 is 36.0. The van der Waals surface area contributed by atoms with Crippen LogP contribution in [0.25, 0.3) is 0 Å². The number of alkyl halides is 1. The second kappa shape index (κ2) is 2.92. The molecule has 0 bridgehead atoms. The van der Waals surface area contributed by atoms with Gasteiger partial charge in [-0.2, -0.15) is 0 Å². The highest BCUT2D eigenvalue weighted by Crippen LogP contribution is 2.33. The molecule has 0 saturated carbocycles. The van der Waals surface area contributed by atoms with Gasteiger partial charge in [0.15, 0.2) is 9.84 Å². The van der Waals surface area contributed by atoms with Gasteiger partial charge in [0, 0.05) is 0 Å². The molecule has 0 aromatic rings. The first kappa shape index (κ1) is 9.40. The molecule has 0 aromatic carbocycles. The van der Waals surface area contributed by atoms with Crippen molar-refractivity contribution in [2.24, 2.45) is 0 Å². The second-order valence-corrected chi connectivity index (χ2v) is 6.22. The summed E-state index contributed by atoms with van der Waals surface area (Å²) in [5, 5.41) is 3.05. The van der Waals surface area contributed by atoms with Crippen molar-refractivity contribution in [3.05, 3.63) is 0 Å². The lowest BCUT2D eigenvalue weighted by Crippen LogP contribution is -2.57. The maximum atomic E-state index is 13.6. The molecule has 2 atom stereocenters. The zero-order valence-corrected chi connectivity index (χ0v) is 8.24. The van der Waals surface area contributed by atoms with E-state index in [1.165, 1.54) is 0 Å². The van der Waals surface area contributed by atoms with E-state index in [4.69, 9.17) is 0 Å². The van der Waals surface area contributed by atoms with Crippen molar-refractivity contribution < 1.29 is 12.8 Å². The zero-order valence-electron chi connectivity index (χ0n) is 7.42. The van der Waals surface area contributed by atoms with Crippen LogP contribution in [0.4, 0.5) is 4.39 Å². The highest BCUT2D eigenvalue weighted by atomic mass is 32.2. The topological polar surface area (TPSA) is 46.2 Å². The van der Waals surface area contributed by atoms with Crippen LogP contribution in [-0.2, 0) is 9.84 Å². The first-order chi connectivity index (χ1) is 6.04. The molecule has 0 aliphatic carbocycles. The van der Waals surface area contributed by atoms with Crippen LogP contribution in [0.15, 0.2) is 0 Å². The third-order valence-corrected chi connectivity index (χ3v) is 4.83. The maximum Gasteiger partial charge on any atom is 0.152 e. The van der Waals surface area contributed by atoms with Crippen LogP contribution in [0.5, 0.6) is 0 Å². The fourth-order valence-corrected chi connectivity index (χ4v) is 4.30. The molecule has 0 radical (unpaired) electrons. The highest BCUT2D eigenvalue weighted by molar-refractivity contribution is 7.91. The average Bonchev–Trinajstić information content (AvgIpc) is 2.35. The number of piperidine rings is 1. The number of halogens is 1. The molecule has 1 N–H and O–H groups in total. The summed E-state index contributed by atoms with van der Waals surface area (Å²) in [6, 6.07) is 0. The Kier molecular flexibility index (Phi) is 2.11. The van der Waals surface area contributed by atoms with Crippen molar-refractivity contribution in [1.82, 2.24) is 5.32 Å². The van der Waals surface area contributed by atoms with Crippen LogP contribution in [0.1, 0.15) is 19.3 Å². The largest absolute Gasteiger partial charge is 0.308 e. The van der Waals surface area contributed by atoms with Gasteiger partial charge in [0.05, 0.1) is 17.0 Å². The first-order valence-corrected chi connectivity index (χ1v) is 6.46. The molecule has 2 heterocycles. The van der Waals surface area contributed by atoms with E-state index in [-0.39, 0.29) is 11.5 Å². The summed E-state index contributed by atoms with van der Waals surface area (Å²) in [7, 11) is -2.99. The maximum absolute atomic E-state index is 13.6. The molecule has 2 fully saturated rings. The highest BCUT2D eigenvalue weighted by Gasteiger charge is 2.49. The van der Waals surface area contributed by atoms with Crippen molar-refractivity contribution in [1.29, 1.82) is 0 Å². The van der Waals surface area contributed by atoms with Crippen LogP contribution in [0.3, 0.4) is 0 Å². The van der Waals surface area contributed by atoms with Gasteiger partial charge in [-0.15, -0.1) is 0 Å². The standard InChI is InChI=1S/C8H14FNO2S/c9-7-2-1-4-10-8(7)3-5-13(11,12)6-8/h7,10H,1-6H2. The molecule has 3 nitrogen and oxygen atoms in total. The molecule has 0 aromatic heterocycles. The first-order valence-electron chi connectivity index (χ1n) is 4.64. The minimum atomic E-state index is -2.99. The van der Waals surface area contributed by atoms with E-state index in [1.807, 2.05) is 0 Å². The van der Waals surface area contributed by atoms with E-state index in [0.717, 1.165) is 13.0 Å². The molecule has 2 aliphatic heterocycles. The summed E-state index contributed by atoms with van der Waals surface area (Å²) in [6.45, 7) is 0.746. The monoisotopic (exact) mass is 207 g/mol. The van der Waals surface area contributed by atoms with Gasteiger partial charge >= 0.3 is 0 Å². The Balaban J connectivity index is 2.21. The van der Waals surface area contributed by atoms with E-state index in [0.29, 0.717) is 12.8 Å². The van der Waals surface area contributed by atoms with Crippen LogP contribution in [-0.4, -0.2) is 38.2 Å². The quantitative estimate of drug-likeness (QED) is 0.620. The normalized spacial score (nSPS) is 43.9. The number of hydrogen-bond donors (Lipinski definition) is 1. The van der Waals surface area contributed by atoms with Crippen LogP contribution < -0.4 is 5.32 Å². The zero-order chi connectivity index (χ0) is 9.53. The third-order valence-electron chi connectivity index (χ3n) is 3.05. The Morgan fingerprint density at radius 2 is 2.23 bits per heavy atom. The lowest BCUT2D eigenvalue weighted by molar-refractivity contribution is 0.127. The van der Waals surface area contributed by atoms with Gasteiger partial charge in [-0.05, 0) is 25.8 Å². The van der Waals surface area contributed by atoms with Gasteiger partial charge in [0.1, 0.15) is 6.17 Å². The molecule has 76 valence electrons. The molecule has 5 heteroatoms. The Hall–Kier alpha value is -0.160. The van der Waals surface area contributed by atoms with Crippen molar-refractivity contribution >= 4 is 9.84 Å². The van der Waals surface area contributed by atoms with Crippen LogP contribution >= 0.6 is 0 Å². The van der Waals surface area contributed by atoms with E-state index < -0.39 is 21.5 Å². The Bertz CT molecular complexity index is 303. The predicted octanol–water partition coefficient (Wildman–Crippen LogP) is 0.265. The smallest absolute Gasteiger partial charge is 0.152 e. The van der Waals surface area contributed by atoms with Crippen molar-refractivity contribution in [2.75, 3.05) is 18.1 Å². The summed E-state index contributed by atoms with van der Waals surface area (Å²) in [4.78, 5) is 0. The molecule has 0 amide bonds. The third kappa shape index (κ3) is 1.59. The second-order valence-electron chi connectivity index (χ2n) is 4.03. The molecule has 2 saturated heterocycles. The molecule has 2 unspecified atom stereocenters. The molecule has 2 rings (SSSR count). The molecule has 13 heavy (non-hydrogen) atoms. The van der Waals surface area contributed by atoms with Gasteiger partial charge < -0.3 is 5.32 Å². The van der Waals surface area contributed by atoms with Gasteiger partial charge in [-0.25, -0.2) is 12.8 Å².